The molecule has 0 aliphatic rings. The van der Waals surface area contributed by atoms with Crippen molar-refractivity contribution in [1.29, 1.82) is 0 Å². The number of para-hydroxylation sites is 1. The third-order valence-electron chi connectivity index (χ3n) is 2.98. The first-order valence-corrected chi connectivity index (χ1v) is 8.66. The Kier molecular flexibility index (Phi) is 8.84. The summed E-state index contributed by atoms with van der Waals surface area (Å²) in [5.74, 6) is 1.48. The normalized spacial score (nSPS) is 9.42. The molecule has 0 aliphatic carbocycles. The third kappa shape index (κ3) is 5.22. The first kappa shape index (κ1) is 19.9. The molecule has 0 amide bonds. The van der Waals surface area contributed by atoms with E-state index in [9.17, 15) is 0 Å². The summed E-state index contributed by atoms with van der Waals surface area (Å²) in [6.07, 6.45) is 0. The van der Waals surface area contributed by atoms with Crippen molar-refractivity contribution < 1.29 is 4.74 Å². The van der Waals surface area contributed by atoms with Crippen molar-refractivity contribution in [2.45, 2.75) is 34.2 Å². The molecule has 1 aromatic heterocycles. The Labute approximate surface area is 149 Å². The molecule has 0 fully saturated rings. The quantitative estimate of drug-likeness (QED) is 0.616. The largest absolute Gasteiger partial charge is 0.457 e. The van der Waals surface area contributed by atoms with Crippen LogP contribution in [0.5, 0.6) is 11.5 Å². The minimum absolute atomic E-state index is 0.377. The number of pyridine rings is 1. The van der Waals surface area contributed by atoms with E-state index in [1.807, 2.05) is 70.2 Å². The van der Waals surface area contributed by atoms with Crippen molar-refractivity contribution in [2.24, 2.45) is 5.73 Å². The van der Waals surface area contributed by atoms with Crippen molar-refractivity contribution in [2.75, 3.05) is 0 Å². The average molecular weight is 345 g/mol. The van der Waals surface area contributed by atoms with E-state index in [1.165, 1.54) is 0 Å². The molecular formula is C20H25ClN2O. The zero-order valence-electron chi connectivity index (χ0n) is 14.7. The van der Waals surface area contributed by atoms with Crippen LogP contribution < -0.4 is 10.5 Å². The summed E-state index contributed by atoms with van der Waals surface area (Å²) in [5, 5.41) is 1.64. The van der Waals surface area contributed by atoms with Crippen LogP contribution in [0.2, 0.25) is 5.02 Å². The Hall–Kier alpha value is -2.10. The summed E-state index contributed by atoms with van der Waals surface area (Å²) in [6.45, 7) is 8.38. The van der Waals surface area contributed by atoms with Crippen LogP contribution in [-0.2, 0) is 6.54 Å². The molecule has 0 bridgehead atoms. The topological polar surface area (TPSA) is 48.1 Å². The van der Waals surface area contributed by atoms with Crippen LogP contribution in [0.4, 0.5) is 0 Å². The molecule has 0 aliphatic heterocycles. The van der Waals surface area contributed by atoms with E-state index >= 15 is 0 Å². The van der Waals surface area contributed by atoms with Crippen molar-refractivity contribution in [3.8, 4) is 11.5 Å². The van der Waals surface area contributed by atoms with Gasteiger partial charge in [-0.1, -0.05) is 51.4 Å². The number of nitrogens with two attached hydrogens (primary N) is 1. The molecule has 3 nitrogen and oxygen atoms in total. The van der Waals surface area contributed by atoms with Gasteiger partial charge in [0.25, 0.3) is 0 Å². The number of hydrogen-bond donors (Lipinski definition) is 1. The second-order valence-electron chi connectivity index (χ2n) is 4.39. The average Bonchev–Trinajstić information content (AvgIpc) is 2.66. The second-order valence-corrected chi connectivity index (χ2v) is 4.83. The summed E-state index contributed by atoms with van der Waals surface area (Å²) in [7, 11) is 0. The molecule has 0 saturated carbocycles. The maximum Gasteiger partial charge on any atom is 0.138 e. The molecular weight excluding hydrogens is 320 g/mol. The van der Waals surface area contributed by atoms with Crippen LogP contribution in [-0.4, -0.2) is 4.98 Å². The van der Waals surface area contributed by atoms with Gasteiger partial charge in [-0.05, 0) is 36.4 Å². The maximum absolute atomic E-state index is 5.93. The number of benzene rings is 2. The Morgan fingerprint density at radius 2 is 1.58 bits per heavy atom. The van der Waals surface area contributed by atoms with Gasteiger partial charge in [-0.3, -0.25) is 4.98 Å². The zero-order valence-corrected chi connectivity index (χ0v) is 15.5. The van der Waals surface area contributed by atoms with E-state index in [0.717, 1.165) is 28.1 Å². The van der Waals surface area contributed by atoms with Gasteiger partial charge in [-0.25, -0.2) is 0 Å². The third-order valence-corrected chi connectivity index (χ3v) is 3.23. The summed E-state index contributed by atoms with van der Waals surface area (Å²) >= 11 is 5.88. The highest BCUT2D eigenvalue weighted by atomic mass is 35.5. The lowest BCUT2D eigenvalue weighted by molar-refractivity contribution is 0.487. The Balaban J connectivity index is 0.000000671. The highest BCUT2D eigenvalue weighted by molar-refractivity contribution is 6.30. The lowest BCUT2D eigenvalue weighted by Crippen LogP contribution is -2.00. The fraction of sp³-hybridized carbons (Fsp3) is 0.250. The van der Waals surface area contributed by atoms with E-state index in [0.29, 0.717) is 11.6 Å². The summed E-state index contributed by atoms with van der Waals surface area (Å²) in [4.78, 5) is 4.48. The SMILES string of the molecule is CC.CC.NCc1cc(Oc2ccc(Cl)cc2)c2ccccc2n1. The summed E-state index contributed by atoms with van der Waals surface area (Å²) in [5.41, 5.74) is 7.36. The number of aromatic nitrogens is 1. The molecule has 0 spiro atoms. The monoisotopic (exact) mass is 344 g/mol. The van der Waals surface area contributed by atoms with Crippen molar-refractivity contribution in [3.63, 3.8) is 0 Å². The predicted molar refractivity (Wildman–Crippen MR) is 104 cm³/mol. The highest BCUT2D eigenvalue weighted by Crippen LogP contribution is 2.30. The molecule has 4 heteroatoms. The minimum Gasteiger partial charge on any atom is -0.457 e. The van der Waals surface area contributed by atoms with Gasteiger partial charge >= 0.3 is 0 Å². The number of halogens is 1. The standard InChI is InChI=1S/C16H13ClN2O.2C2H6/c17-11-5-7-13(8-6-11)20-16-9-12(10-18)19-15-4-2-1-3-14(15)16;2*1-2/h1-9H,10,18H2;2*1-2H3. The van der Waals surface area contributed by atoms with Crippen LogP contribution >= 0.6 is 11.6 Å². The fourth-order valence-corrected chi connectivity index (χ4v) is 2.14. The van der Waals surface area contributed by atoms with Crippen molar-refractivity contribution >= 4 is 22.5 Å². The van der Waals surface area contributed by atoms with Gasteiger partial charge in [0.15, 0.2) is 0 Å². The molecule has 0 atom stereocenters. The van der Waals surface area contributed by atoms with Crippen LogP contribution in [0.25, 0.3) is 10.9 Å². The number of nitrogens with zero attached hydrogens (tertiary/aromatic N) is 1. The second kappa shape index (κ2) is 10.6. The summed E-state index contributed by atoms with van der Waals surface area (Å²) < 4.78 is 5.93. The van der Waals surface area contributed by atoms with Gasteiger partial charge < -0.3 is 10.5 Å². The van der Waals surface area contributed by atoms with Crippen molar-refractivity contribution in [3.05, 3.63) is 65.3 Å². The number of fused-ring (bicyclic) bond motifs is 1. The number of ether oxygens (including phenoxy) is 1. The predicted octanol–water partition coefficient (Wildman–Crippen LogP) is 6.19. The van der Waals surface area contributed by atoms with Gasteiger partial charge in [0, 0.05) is 23.0 Å². The molecule has 24 heavy (non-hydrogen) atoms. The Morgan fingerprint density at radius 3 is 2.21 bits per heavy atom. The highest BCUT2D eigenvalue weighted by Gasteiger charge is 2.07. The molecule has 2 N–H and O–H groups in total. The lowest BCUT2D eigenvalue weighted by Gasteiger charge is -2.10. The minimum atomic E-state index is 0.377. The van der Waals surface area contributed by atoms with Gasteiger partial charge in [0.2, 0.25) is 0 Å². The molecule has 3 rings (SSSR count). The lowest BCUT2D eigenvalue weighted by atomic mass is 10.2. The van der Waals surface area contributed by atoms with Crippen LogP contribution in [0, 0.1) is 0 Å². The molecule has 1 heterocycles. The van der Waals surface area contributed by atoms with Crippen LogP contribution in [0.3, 0.4) is 0 Å². The molecule has 0 unspecified atom stereocenters. The molecule has 0 radical (unpaired) electrons. The van der Waals surface area contributed by atoms with Gasteiger partial charge in [-0.15, -0.1) is 0 Å². The van der Waals surface area contributed by atoms with Gasteiger partial charge in [0.05, 0.1) is 11.2 Å². The van der Waals surface area contributed by atoms with Gasteiger partial charge in [-0.2, -0.15) is 0 Å². The Bertz CT molecular complexity index is 742. The maximum atomic E-state index is 5.93. The number of hydrogen-bond acceptors (Lipinski definition) is 3. The fourth-order valence-electron chi connectivity index (χ4n) is 2.01. The molecule has 0 saturated heterocycles. The first-order valence-electron chi connectivity index (χ1n) is 8.28. The number of rotatable bonds is 3. The van der Waals surface area contributed by atoms with Gasteiger partial charge in [0.1, 0.15) is 11.5 Å². The van der Waals surface area contributed by atoms with E-state index in [1.54, 1.807) is 12.1 Å². The molecule has 3 aromatic rings. The van der Waals surface area contributed by atoms with E-state index in [4.69, 9.17) is 22.1 Å². The van der Waals surface area contributed by atoms with E-state index in [-0.39, 0.29) is 0 Å². The zero-order chi connectivity index (χ0) is 17.9. The first-order chi connectivity index (χ1) is 11.8. The van der Waals surface area contributed by atoms with E-state index in [2.05, 4.69) is 4.98 Å². The molecule has 2 aromatic carbocycles. The van der Waals surface area contributed by atoms with Crippen molar-refractivity contribution in [1.82, 2.24) is 4.98 Å². The summed E-state index contributed by atoms with van der Waals surface area (Å²) in [6, 6.07) is 17.0. The van der Waals surface area contributed by atoms with Crippen LogP contribution in [0.1, 0.15) is 33.4 Å². The smallest absolute Gasteiger partial charge is 0.138 e. The van der Waals surface area contributed by atoms with E-state index < -0.39 is 0 Å². The molecule has 128 valence electrons. The van der Waals surface area contributed by atoms with Crippen LogP contribution in [0.15, 0.2) is 54.6 Å². The Morgan fingerprint density at radius 1 is 0.958 bits per heavy atom.